The van der Waals surface area contributed by atoms with Crippen molar-refractivity contribution in [2.75, 3.05) is 13.1 Å². The van der Waals surface area contributed by atoms with Crippen LogP contribution >= 0.6 is 0 Å². The second-order valence-electron chi connectivity index (χ2n) is 5.96. The third-order valence-electron chi connectivity index (χ3n) is 4.02. The molecule has 2 heterocycles. The first-order valence-electron chi connectivity index (χ1n) is 7.52. The van der Waals surface area contributed by atoms with Crippen molar-refractivity contribution < 1.29 is 4.79 Å². The molecule has 0 spiro atoms. The Hall–Kier alpha value is -1.42. The third kappa shape index (κ3) is 3.57. The summed E-state index contributed by atoms with van der Waals surface area (Å²) in [5, 5.41) is 6.51. The number of amides is 1. The van der Waals surface area contributed by atoms with Gasteiger partial charge in [0.25, 0.3) is 0 Å². The highest BCUT2D eigenvalue weighted by Gasteiger charge is 2.26. The van der Waals surface area contributed by atoms with Gasteiger partial charge in [-0.15, -0.1) is 0 Å². The van der Waals surface area contributed by atoms with Gasteiger partial charge in [0.15, 0.2) is 0 Å². The van der Waals surface area contributed by atoms with Crippen LogP contribution < -0.4 is 10.6 Å². The fourth-order valence-corrected chi connectivity index (χ4v) is 2.73. The summed E-state index contributed by atoms with van der Waals surface area (Å²) in [5.74, 6) is 0.644. The molecule has 4 nitrogen and oxygen atoms in total. The van der Waals surface area contributed by atoms with E-state index in [2.05, 4.69) is 29.5 Å². The van der Waals surface area contributed by atoms with Crippen LogP contribution in [0.2, 0.25) is 0 Å². The second kappa shape index (κ2) is 6.84. The molecule has 1 atom stereocenters. The number of hydrogen-bond acceptors (Lipinski definition) is 3. The highest BCUT2D eigenvalue weighted by molar-refractivity contribution is 5.79. The molecular formula is C16H25N3O. The Kier molecular flexibility index (Phi) is 5.12. The predicted octanol–water partition coefficient (Wildman–Crippen LogP) is 2.20. The predicted molar refractivity (Wildman–Crippen MR) is 80.3 cm³/mol. The normalized spacial score (nSPS) is 18.0. The van der Waals surface area contributed by atoms with Crippen molar-refractivity contribution in [2.24, 2.45) is 11.8 Å². The van der Waals surface area contributed by atoms with E-state index in [-0.39, 0.29) is 17.9 Å². The summed E-state index contributed by atoms with van der Waals surface area (Å²) in [7, 11) is 0. The number of carbonyl (C=O) groups is 1. The first kappa shape index (κ1) is 15.0. The van der Waals surface area contributed by atoms with E-state index in [0.717, 1.165) is 37.2 Å². The van der Waals surface area contributed by atoms with Crippen molar-refractivity contribution in [2.45, 2.75) is 39.7 Å². The fraction of sp³-hybridized carbons (Fsp3) is 0.625. The summed E-state index contributed by atoms with van der Waals surface area (Å²) < 4.78 is 0. The van der Waals surface area contributed by atoms with E-state index in [1.165, 1.54) is 0 Å². The van der Waals surface area contributed by atoms with Gasteiger partial charge >= 0.3 is 0 Å². The second-order valence-corrected chi connectivity index (χ2v) is 5.96. The van der Waals surface area contributed by atoms with E-state index in [1.54, 1.807) is 6.20 Å². The molecule has 2 N–H and O–H groups in total. The Balaban J connectivity index is 2.10. The molecule has 1 amide bonds. The van der Waals surface area contributed by atoms with Crippen LogP contribution in [0.5, 0.6) is 0 Å². The van der Waals surface area contributed by atoms with Crippen LogP contribution in [0.3, 0.4) is 0 Å². The highest BCUT2D eigenvalue weighted by atomic mass is 16.1. The molecule has 1 aliphatic rings. The van der Waals surface area contributed by atoms with E-state index < -0.39 is 0 Å². The minimum absolute atomic E-state index is 0.00131. The minimum Gasteiger partial charge on any atom is -0.347 e. The number of carbonyl (C=O) groups excluding carboxylic acids is 1. The number of aromatic nitrogens is 1. The molecule has 1 aromatic rings. The van der Waals surface area contributed by atoms with Gasteiger partial charge < -0.3 is 10.6 Å². The molecule has 2 rings (SSSR count). The quantitative estimate of drug-likeness (QED) is 0.886. The van der Waals surface area contributed by atoms with E-state index in [4.69, 9.17) is 0 Å². The van der Waals surface area contributed by atoms with Crippen LogP contribution in [0.25, 0.3) is 0 Å². The van der Waals surface area contributed by atoms with Gasteiger partial charge in [0.05, 0.1) is 11.7 Å². The maximum absolute atomic E-state index is 12.4. The summed E-state index contributed by atoms with van der Waals surface area (Å²) in [6, 6.07) is 3.98. The maximum atomic E-state index is 12.4. The zero-order valence-corrected chi connectivity index (χ0v) is 12.6. The molecule has 1 fully saturated rings. The van der Waals surface area contributed by atoms with E-state index >= 15 is 0 Å². The molecule has 1 saturated heterocycles. The highest BCUT2D eigenvalue weighted by Crippen LogP contribution is 2.24. The monoisotopic (exact) mass is 275 g/mol. The van der Waals surface area contributed by atoms with Crippen molar-refractivity contribution in [3.8, 4) is 0 Å². The molecule has 0 radical (unpaired) electrons. The van der Waals surface area contributed by atoms with E-state index in [9.17, 15) is 4.79 Å². The molecule has 1 aromatic heterocycles. The summed E-state index contributed by atoms with van der Waals surface area (Å²) in [4.78, 5) is 16.9. The van der Waals surface area contributed by atoms with Gasteiger partial charge in [0.2, 0.25) is 5.91 Å². The van der Waals surface area contributed by atoms with E-state index in [0.29, 0.717) is 5.92 Å². The molecule has 0 aliphatic carbocycles. The number of nitrogens with zero attached hydrogens (tertiary/aromatic N) is 1. The summed E-state index contributed by atoms with van der Waals surface area (Å²) in [5.41, 5.74) is 2.13. The van der Waals surface area contributed by atoms with Crippen LogP contribution in [0.15, 0.2) is 18.3 Å². The van der Waals surface area contributed by atoms with Gasteiger partial charge in [-0.1, -0.05) is 19.9 Å². The lowest BCUT2D eigenvalue weighted by Gasteiger charge is -2.28. The van der Waals surface area contributed by atoms with Crippen LogP contribution in [0.1, 0.15) is 44.0 Å². The number of pyridine rings is 1. The van der Waals surface area contributed by atoms with Gasteiger partial charge in [-0.2, -0.15) is 0 Å². The SMILES string of the molecule is Cc1cccnc1C(NC(=O)C1CCNCC1)C(C)C. The van der Waals surface area contributed by atoms with E-state index in [1.807, 2.05) is 19.1 Å². The number of piperidine rings is 1. The van der Waals surface area contributed by atoms with Crippen LogP contribution in [-0.4, -0.2) is 24.0 Å². The molecule has 0 aromatic carbocycles. The molecule has 1 unspecified atom stereocenters. The van der Waals surface area contributed by atoms with Gasteiger partial charge in [-0.3, -0.25) is 9.78 Å². The lowest BCUT2D eigenvalue weighted by molar-refractivity contribution is -0.126. The van der Waals surface area contributed by atoms with Crippen molar-refractivity contribution in [3.63, 3.8) is 0 Å². The molecule has 4 heteroatoms. The Bertz CT molecular complexity index is 453. The molecule has 0 saturated carbocycles. The molecule has 1 aliphatic heterocycles. The van der Waals surface area contributed by atoms with Crippen LogP contribution in [0, 0.1) is 18.8 Å². The van der Waals surface area contributed by atoms with Gasteiger partial charge in [-0.05, 0) is 50.4 Å². The van der Waals surface area contributed by atoms with Gasteiger partial charge in [-0.25, -0.2) is 0 Å². The van der Waals surface area contributed by atoms with Gasteiger partial charge in [0.1, 0.15) is 0 Å². The third-order valence-corrected chi connectivity index (χ3v) is 4.02. The zero-order valence-electron chi connectivity index (χ0n) is 12.6. The van der Waals surface area contributed by atoms with Crippen LogP contribution in [0.4, 0.5) is 0 Å². The summed E-state index contributed by atoms with van der Waals surface area (Å²) in [6.07, 6.45) is 3.66. The Morgan fingerprint density at radius 3 is 2.70 bits per heavy atom. The standard InChI is InChI=1S/C16H25N3O/c1-11(2)14(15-12(3)5-4-8-18-15)19-16(20)13-6-9-17-10-7-13/h4-5,8,11,13-14,17H,6-7,9-10H2,1-3H3,(H,19,20). The maximum Gasteiger partial charge on any atom is 0.223 e. The molecule has 110 valence electrons. The van der Waals surface area contributed by atoms with Crippen molar-refractivity contribution in [1.82, 2.24) is 15.6 Å². The first-order chi connectivity index (χ1) is 9.59. The van der Waals surface area contributed by atoms with Crippen molar-refractivity contribution in [3.05, 3.63) is 29.6 Å². The average Bonchev–Trinajstić information content (AvgIpc) is 2.46. The molecule has 20 heavy (non-hydrogen) atoms. The number of aryl methyl sites for hydroxylation is 1. The number of rotatable bonds is 4. The minimum atomic E-state index is -0.00131. The molecular weight excluding hydrogens is 250 g/mol. The zero-order chi connectivity index (χ0) is 14.5. The van der Waals surface area contributed by atoms with Crippen LogP contribution in [-0.2, 0) is 4.79 Å². The smallest absolute Gasteiger partial charge is 0.223 e. The largest absolute Gasteiger partial charge is 0.347 e. The Morgan fingerprint density at radius 2 is 2.10 bits per heavy atom. The number of hydrogen-bond donors (Lipinski definition) is 2. The fourth-order valence-electron chi connectivity index (χ4n) is 2.73. The summed E-state index contributed by atoms with van der Waals surface area (Å²) in [6.45, 7) is 8.18. The Labute approximate surface area is 121 Å². The lowest BCUT2D eigenvalue weighted by Crippen LogP contribution is -2.41. The first-order valence-corrected chi connectivity index (χ1v) is 7.52. The summed E-state index contributed by atoms with van der Waals surface area (Å²) >= 11 is 0. The number of nitrogens with one attached hydrogen (secondary N) is 2. The molecule has 0 bridgehead atoms. The van der Waals surface area contributed by atoms with Crippen molar-refractivity contribution in [1.29, 1.82) is 0 Å². The topological polar surface area (TPSA) is 54.0 Å². The van der Waals surface area contributed by atoms with Gasteiger partial charge in [0, 0.05) is 12.1 Å². The lowest BCUT2D eigenvalue weighted by atomic mass is 9.93. The average molecular weight is 275 g/mol. The van der Waals surface area contributed by atoms with Crippen molar-refractivity contribution >= 4 is 5.91 Å². The Morgan fingerprint density at radius 1 is 1.40 bits per heavy atom.